The van der Waals surface area contributed by atoms with Gasteiger partial charge in [-0.1, -0.05) is 11.6 Å². The highest BCUT2D eigenvalue weighted by Crippen LogP contribution is 2.38. The zero-order valence-corrected chi connectivity index (χ0v) is 8.77. The van der Waals surface area contributed by atoms with Crippen LogP contribution in [0.15, 0.2) is 0 Å². The van der Waals surface area contributed by atoms with E-state index in [0.29, 0.717) is 0 Å². The molecule has 4 nitrogen and oxygen atoms in total. The first-order valence-electron chi connectivity index (χ1n) is 3.91. The molecule has 0 aromatic carbocycles. The number of ether oxygens (including phenoxy) is 2. The van der Waals surface area contributed by atoms with E-state index >= 15 is 0 Å². The standard InChI is InChI=1S/C8H12ClO4/c1-6(2)7(3,4)13-8(9,11)5(10)12-6/h1-4H3/q-1/t8-/m1/s1. The molecule has 1 saturated heterocycles. The molecule has 1 fully saturated rings. The van der Waals surface area contributed by atoms with Crippen LogP contribution in [0.2, 0.25) is 0 Å². The number of rotatable bonds is 0. The second-order valence-corrected chi connectivity index (χ2v) is 4.55. The molecule has 0 amide bonds. The molecule has 0 aliphatic carbocycles. The maximum absolute atomic E-state index is 11.2. The summed E-state index contributed by atoms with van der Waals surface area (Å²) in [5.74, 6) is -1.08. The minimum Gasteiger partial charge on any atom is -0.807 e. The molecule has 0 saturated carbocycles. The third-order valence-electron chi connectivity index (χ3n) is 2.43. The summed E-state index contributed by atoms with van der Waals surface area (Å²) in [5, 5.41) is 8.61. The lowest BCUT2D eigenvalue weighted by atomic mass is 9.88. The van der Waals surface area contributed by atoms with Crippen molar-refractivity contribution in [3.8, 4) is 0 Å². The minimum atomic E-state index is -2.61. The zero-order valence-electron chi connectivity index (χ0n) is 8.01. The van der Waals surface area contributed by atoms with Crippen LogP contribution < -0.4 is 5.11 Å². The molecule has 0 aromatic heterocycles. The molecular weight excluding hydrogens is 196 g/mol. The molecule has 0 spiro atoms. The third kappa shape index (κ3) is 1.66. The van der Waals surface area contributed by atoms with Crippen molar-refractivity contribution in [2.24, 2.45) is 0 Å². The van der Waals surface area contributed by atoms with Gasteiger partial charge in [0.1, 0.15) is 11.2 Å². The monoisotopic (exact) mass is 207 g/mol. The lowest BCUT2D eigenvalue weighted by molar-refractivity contribution is -0.530. The highest BCUT2D eigenvalue weighted by molar-refractivity contribution is 6.31. The number of esters is 1. The highest BCUT2D eigenvalue weighted by Gasteiger charge is 2.51. The van der Waals surface area contributed by atoms with Crippen LogP contribution in [0.1, 0.15) is 27.7 Å². The zero-order chi connectivity index (χ0) is 10.5. The van der Waals surface area contributed by atoms with Gasteiger partial charge in [0.25, 0.3) is 0 Å². The fourth-order valence-electron chi connectivity index (χ4n) is 0.908. The van der Waals surface area contributed by atoms with E-state index < -0.39 is 22.4 Å². The molecule has 1 heterocycles. The van der Waals surface area contributed by atoms with Gasteiger partial charge in [0.05, 0.1) is 0 Å². The molecule has 1 aliphatic rings. The van der Waals surface area contributed by atoms with E-state index in [0.717, 1.165) is 0 Å². The molecule has 1 aliphatic heterocycles. The molecule has 5 heteroatoms. The Morgan fingerprint density at radius 1 is 1.23 bits per heavy atom. The molecule has 0 radical (unpaired) electrons. The van der Waals surface area contributed by atoms with E-state index in [1.54, 1.807) is 27.7 Å². The van der Waals surface area contributed by atoms with Gasteiger partial charge >= 0.3 is 5.97 Å². The SMILES string of the molecule is CC1(C)OC(=O)[C@]([O-])(Cl)OC1(C)C. The normalized spacial score (nSPS) is 36.9. The smallest absolute Gasteiger partial charge is 0.338 e. The number of alkyl halides is 1. The van der Waals surface area contributed by atoms with E-state index in [1.807, 2.05) is 0 Å². The predicted octanol–water partition coefficient (Wildman–Crippen LogP) is 0.370. The second-order valence-electron chi connectivity index (χ2n) is 4.05. The van der Waals surface area contributed by atoms with Crippen LogP contribution in [-0.4, -0.2) is 22.4 Å². The van der Waals surface area contributed by atoms with E-state index in [-0.39, 0.29) is 0 Å². The molecule has 1 rings (SSSR count). The summed E-state index contributed by atoms with van der Waals surface area (Å²) in [5.41, 5.74) is -1.75. The lowest BCUT2D eigenvalue weighted by Crippen LogP contribution is -2.67. The second kappa shape index (κ2) is 2.59. The third-order valence-corrected chi connectivity index (χ3v) is 2.66. The van der Waals surface area contributed by atoms with Gasteiger partial charge in [-0.25, -0.2) is 4.79 Å². The van der Waals surface area contributed by atoms with Crippen LogP contribution in [0.3, 0.4) is 0 Å². The summed E-state index contributed by atoms with van der Waals surface area (Å²) in [4.78, 5) is 11.0. The van der Waals surface area contributed by atoms with Gasteiger partial charge in [-0.15, -0.1) is 0 Å². The summed E-state index contributed by atoms with van der Waals surface area (Å²) < 4.78 is 9.82. The van der Waals surface area contributed by atoms with Gasteiger partial charge in [-0.05, 0) is 27.7 Å². The molecular formula is C8H12ClO4-. The molecule has 0 bridgehead atoms. The topological polar surface area (TPSA) is 58.6 Å². The predicted molar refractivity (Wildman–Crippen MR) is 43.9 cm³/mol. The van der Waals surface area contributed by atoms with Crippen molar-refractivity contribution in [3.63, 3.8) is 0 Å². The summed E-state index contributed by atoms with van der Waals surface area (Å²) in [7, 11) is 0. The Morgan fingerprint density at radius 2 is 1.69 bits per heavy atom. The van der Waals surface area contributed by atoms with E-state index in [1.165, 1.54) is 0 Å². The Labute approximate surface area is 81.8 Å². The lowest BCUT2D eigenvalue weighted by Gasteiger charge is -2.52. The van der Waals surface area contributed by atoms with Crippen LogP contribution in [0.25, 0.3) is 0 Å². The first-order valence-corrected chi connectivity index (χ1v) is 4.29. The van der Waals surface area contributed by atoms with Crippen LogP contribution in [-0.2, 0) is 14.3 Å². The van der Waals surface area contributed by atoms with Gasteiger partial charge in [0.15, 0.2) is 5.25 Å². The number of hydrogen-bond acceptors (Lipinski definition) is 4. The fraction of sp³-hybridized carbons (Fsp3) is 0.875. The Balaban J connectivity index is 3.00. The molecule has 1 atom stereocenters. The van der Waals surface area contributed by atoms with Gasteiger partial charge in [0, 0.05) is 0 Å². The quantitative estimate of drug-likeness (QED) is 0.425. The molecule has 0 aromatic rings. The van der Waals surface area contributed by atoms with E-state index in [4.69, 9.17) is 21.1 Å². The average molecular weight is 208 g/mol. The van der Waals surface area contributed by atoms with Crippen molar-refractivity contribution in [1.82, 2.24) is 0 Å². The molecule has 76 valence electrons. The minimum absolute atomic E-state index is 0.854. The van der Waals surface area contributed by atoms with Gasteiger partial charge in [-0.3, -0.25) is 0 Å². The van der Waals surface area contributed by atoms with Crippen molar-refractivity contribution in [2.75, 3.05) is 0 Å². The summed E-state index contributed by atoms with van der Waals surface area (Å²) in [6, 6.07) is 0. The van der Waals surface area contributed by atoms with Crippen LogP contribution in [0, 0.1) is 0 Å². The van der Waals surface area contributed by atoms with Crippen molar-refractivity contribution in [3.05, 3.63) is 0 Å². The first-order chi connectivity index (χ1) is 5.58. The van der Waals surface area contributed by atoms with E-state index in [2.05, 4.69) is 0 Å². The van der Waals surface area contributed by atoms with Gasteiger partial charge in [-0.2, -0.15) is 0 Å². The van der Waals surface area contributed by atoms with Crippen LogP contribution in [0.4, 0.5) is 0 Å². The number of halogens is 1. The maximum atomic E-state index is 11.2. The van der Waals surface area contributed by atoms with Crippen molar-refractivity contribution < 1.29 is 19.4 Å². The molecule has 0 N–H and O–H groups in total. The van der Waals surface area contributed by atoms with Gasteiger partial charge < -0.3 is 14.6 Å². The van der Waals surface area contributed by atoms with E-state index in [9.17, 15) is 9.90 Å². The van der Waals surface area contributed by atoms with Crippen LogP contribution in [0.5, 0.6) is 0 Å². The van der Waals surface area contributed by atoms with Crippen molar-refractivity contribution in [1.29, 1.82) is 0 Å². The van der Waals surface area contributed by atoms with Gasteiger partial charge in [0.2, 0.25) is 0 Å². The number of carbonyl (C=O) groups is 1. The summed E-state index contributed by atoms with van der Waals surface area (Å²) in [6.45, 7) is 6.62. The average Bonchev–Trinajstić information content (AvgIpc) is 1.80. The fourth-order valence-corrected chi connectivity index (χ4v) is 1.14. The Bertz CT molecular complexity index is 245. The van der Waals surface area contributed by atoms with Crippen molar-refractivity contribution in [2.45, 2.75) is 44.1 Å². The summed E-state index contributed by atoms with van der Waals surface area (Å²) in [6.07, 6.45) is 0. The summed E-state index contributed by atoms with van der Waals surface area (Å²) >= 11 is 5.28. The Morgan fingerprint density at radius 3 is 2.08 bits per heavy atom. The number of cyclic esters (lactones) is 1. The number of carbonyl (C=O) groups excluding carboxylic acids is 1. The largest absolute Gasteiger partial charge is 0.807 e. The molecule has 13 heavy (non-hydrogen) atoms. The number of hydrogen-bond donors (Lipinski definition) is 0. The Kier molecular flexibility index (Phi) is 2.14. The Hall–Kier alpha value is -0.320. The maximum Gasteiger partial charge on any atom is 0.338 e. The van der Waals surface area contributed by atoms with Crippen LogP contribution >= 0.6 is 11.6 Å². The molecule has 0 unspecified atom stereocenters. The first kappa shape index (κ1) is 10.8. The highest BCUT2D eigenvalue weighted by atomic mass is 35.5. The van der Waals surface area contributed by atoms with Crippen molar-refractivity contribution >= 4 is 17.6 Å².